The number of benzene rings is 5. The molecule has 1 atom stereocenters. The number of amides is 1. The van der Waals surface area contributed by atoms with Crippen molar-refractivity contribution in [2.75, 3.05) is 10.0 Å². The summed E-state index contributed by atoms with van der Waals surface area (Å²) < 4.78 is 34.7. The normalized spacial score (nSPS) is 12.2. The molecule has 0 unspecified atom stereocenters. The number of rotatable bonds is 8. The van der Waals surface area contributed by atoms with E-state index in [0.29, 0.717) is 23.5 Å². The number of ether oxygens (including phenoxy) is 1. The van der Waals surface area contributed by atoms with Crippen LogP contribution in [0.2, 0.25) is 0 Å². The predicted octanol–water partition coefficient (Wildman–Crippen LogP) is 6.59. The van der Waals surface area contributed by atoms with Crippen LogP contribution >= 0.6 is 0 Å². The van der Waals surface area contributed by atoms with Crippen molar-refractivity contribution in [3.05, 3.63) is 109 Å². The molecule has 37 heavy (non-hydrogen) atoms. The van der Waals surface area contributed by atoms with Gasteiger partial charge in [0.1, 0.15) is 5.75 Å². The highest BCUT2D eigenvalue weighted by Gasteiger charge is 2.20. The third kappa shape index (κ3) is 5.42. The minimum Gasteiger partial charge on any atom is -0.481 e. The van der Waals surface area contributed by atoms with Crippen molar-refractivity contribution in [3.8, 4) is 5.75 Å². The van der Waals surface area contributed by atoms with Crippen LogP contribution in [0.1, 0.15) is 13.3 Å². The van der Waals surface area contributed by atoms with Gasteiger partial charge in [-0.25, -0.2) is 8.42 Å². The van der Waals surface area contributed by atoms with Crippen molar-refractivity contribution in [2.45, 2.75) is 24.3 Å². The Balaban J connectivity index is 1.27. The SMILES string of the molecule is CC[C@H](Oc1ccc2ccccc2c1)C(=O)Nc1ccc(S(=O)(=O)Nc2cccc3ccccc23)cc1. The largest absolute Gasteiger partial charge is 0.481 e. The number of hydrogen-bond acceptors (Lipinski definition) is 4. The number of carbonyl (C=O) groups is 1. The molecule has 2 N–H and O–H groups in total. The number of nitrogens with one attached hydrogen (secondary N) is 2. The summed E-state index contributed by atoms with van der Waals surface area (Å²) in [6, 6.07) is 32.8. The van der Waals surface area contributed by atoms with Crippen LogP contribution in [0.15, 0.2) is 114 Å². The molecular formula is C30H26N2O4S. The van der Waals surface area contributed by atoms with Crippen molar-refractivity contribution in [3.63, 3.8) is 0 Å². The first kappa shape index (κ1) is 24.3. The molecule has 5 aromatic carbocycles. The number of fused-ring (bicyclic) bond motifs is 2. The molecule has 0 aliphatic carbocycles. The van der Waals surface area contributed by atoms with Gasteiger partial charge < -0.3 is 10.1 Å². The van der Waals surface area contributed by atoms with Crippen molar-refractivity contribution in [2.24, 2.45) is 0 Å². The standard InChI is InChI=1S/C30H26N2O4S/c1-2-29(36-25-17-14-21-8-3-4-10-23(21)20-25)30(33)31-24-15-18-26(19-16-24)37(34,35)32-28-13-7-11-22-9-5-6-12-27(22)28/h3-20,29,32H,2H2,1H3,(H,31,33)/t29-/m0/s1. The van der Waals surface area contributed by atoms with Gasteiger partial charge in [-0.1, -0.05) is 73.7 Å². The lowest BCUT2D eigenvalue weighted by Gasteiger charge is -2.18. The van der Waals surface area contributed by atoms with Gasteiger partial charge in [-0.05, 0) is 65.0 Å². The average molecular weight is 511 g/mol. The van der Waals surface area contributed by atoms with E-state index < -0.39 is 16.1 Å². The summed E-state index contributed by atoms with van der Waals surface area (Å²) in [5.74, 6) is 0.307. The van der Waals surface area contributed by atoms with E-state index >= 15 is 0 Å². The van der Waals surface area contributed by atoms with Crippen LogP contribution < -0.4 is 14.8 Å². The van der Waals surface area contributed by atoms with Gasteiger partial charge in [0.2, 0.25) is 0 Å². The Morgan fingerprint density at radius 1 is 0.784 bits per heavy atom. The fourth-order valence-electron chi connectivity index (χ4n) is 4.19. The number of carbonyl (C=O) groups excluding carboxylic acids is 1. The van der Waals surface area contributed by atoms with E-state index in [1.54, 1.807) is 18.2 Å². The topological polar surface area (TPSA) is 84.5 Å². The summed E-state index contributed by atoms with van der Waals surface area (Å²) in [6.45, 7) is 1.87. The summed E-state index contributed by atoms with van der Waals surface area (Å²) in [5, 5.41) is 6.71. The Morgan fingerprint density at radius 3 is 2.22 bits per heavy atom. The molecule has 6 nitrogen and oxygen atoms in total. The molecule has 0 bridgehead atoms. The Kier molecular flexibility index (Phi) is 6.79. The second-order valence-corrected chi connectivity index (χ2v) is 10.4. The summed E-state index contributed by atoms with van der Waals surface area (Å²) in [5.41, 5.74) is 0.988. The van der Waals surface area contributed by atoms with Gasteiger partial charge in [-0.15, -0.1) is 0 Å². The minimum atomic E-state index is -3.82. The Labute approximate surface area is 216 Å². The van der Waals surface area contributed by atoms with Gasteiger partial charge in [0.25, 0.3) is 15.9 Å². The van der Waals surface area contributed by atoms with E-state index in [0.717, 1.165) is 21.5 Å². The highest BCUT2D eigenvalue weighted by atomic mass is 32.2. The van der Waals surface area contributed by atoms with Gasteiger partial charge in [-0.3, -0.25) is 9.52 Å². The summed E-state index contributed by atoms with van der Waals surface area (Å²) in [4.78, 5) is 13.0. The molecule has 5 aromatic rings. The fourth-order valence-corrected chi connectivity index (χ4v) is 5.27. The minimum absolute atomic E-state index is 0.0953. The van der Waals surface area contributed by atoms with Crippen LogP contribution in [-0.4, -0.2) is 20.4 Å². The zero-order valence-corrected chi connectivity index (χ0v) is 21.0. The third-order valence-electron chi connectivity index (χ3n) is 6.13. The molecule has 186 valence electrons. The smallest absolute Gasteiger partial charge is 0.265 e. The van der Waals surface area contributed by atoms with E-state index in [-0.39, 0.29) is 10.8 Å². The molecule has 0 heterocycles. The quantitative estimate of drug-likeness (QED) is 0.247. The van der Waals surface area contributed by atoms with Crippen LogP contribution in [-0.2, 0) is 14.8 Å². The van der Waals surface area contributed by atoms with Crippen LogP contribution in [0.25, 0.3) is 21.5 Å². The van der Waals surface area contributed by atoms with E-state index in [1.807, 2.05) is 85.8 Å². The lowest BCUT2D eigenvalue weighted by atomic mass is 10.1. The molecule has 0 aliphatic rings. The maximum Gasteiger partial charge on any atom is 0.265 e. The van der Waals surface area contributed by atoms with Crippen molar-refractivity contribution in [1.29, 1.82) is 0 Å². The maximum atomic E-state index is 13.0. The first-order valence-corrected chi connectivity index (χ1v) is 13.5. The van der Waals surface area contributed by atoms with E-state index in [1.165, 1.54) is 12.1 Å². The first-order valence-electron chi connectivity index (χ1n) is 12.0. The molecule has 7 heteroatoms. The highest BCUT2D eigenvalue weighted by Crippen LogP contribution is 2.26. The van der Waals surface area contributed by atoms with Gasteiger partial charge in [0.15, 0.2) is 6.10 Å². The zero-order chi connectivity index (χ0) is 25.8. The Morgan fingerprint density at radius 2 is 1.46 bits per heavy atom. The Hall–Kier alpha value is -4.36. The third-order valence-corrected chi connectivity index (χ3v) is 7.51. The van der Waals surface area contributed by atoms with E-state index in [4.69, 9.17) is 4.74 Å². The molecule has 0 fully saturated rings. The first-order chi connectivity index (χ1) is 17.9. The van der Waals surface area contributed by atoms with Crippen LogP contribution in [0.3, 0.4) is 0 Å². The summed E-state index contributed by atoms with van der Waals surface area (Å²) >= 11 is 0. The maximum absolute atomic E-state index is 13.0. The highest BCUT2D eigenvalue weighted by molar-refractivity contribution is 7.92. The van der Waals surface area contributed by atoms with E-state index in [9.17, 15) is 13.2 Å². The van der Waals surface area contributed by atoms with Gasteiger partial charge in [0.05, 0.1) is 10.6 Å². The number of sulfonamides is 1. The second-order valence-electron chi connectivity index (χ2n) is 8.67. The van der Waals surface area contributed by atoms with Crippen molar-refractivity contribution >= 4 is 48.9 Å². The molecule has 5 rings (SSSR count). The van der Waals surface area contributed by atoms with Crippen molar-refractivity contribution in [1.82, 2.24) is 0 Å². The molecule has 0 aromatic heterocycles. The number of anilines is 2. The predicted molar refractivity (Wildman–Crippen MR) is 148 cm³/mol. The van der Waals surface area contributed by atoms with Gasteiger partial charge in [-0.2, -0.15) is 0 Å². The zero-order valence-electron chi connectivity index (χ0n) is 20.2. The van der Waals surface area contributed by atoms with Crippen LogP contribution in [0, 0.1) is 0 Å². The lowest BCUT2D eigenvalue weighted by Crippen LogP contribution is -2.32. The van der Waals surface area contributed by atoms with E-state index in [2.05, 4.69) is 10.0 Å². The lowest BCUT2D eigenvalue weighted by molar-refractivity contribution is -0.122. The Bertz CT molecular complexity index is 1680. The monoisotopic (exact) mass is 510 g/mol. The van der Waals surface area contributed by atoms with Gasteiger partial charge in [0, 0.05) is 11.1 Å². The summed E-state index contributed by atoms with van der Waals surface area (Å²) in [6.07, 6.45) is -0.224. The second kappa shape index (κ2) is 10.3. The molecule has 0 saturated heterocycles. The molecule has 0 spiro atoms. The molecule has 1 amide bonds. The van der Waals surface area contributed by atoms with Crippen molar-refractivity contribution < 1.29 is 17.9 Å². The van der Waals surface area contributed by atoms with Crippen LogP contribution in [0.4, 0.5) is 11.4 Å². The molecule has 0 aliphatic heterocycles. The average Bonchev–Trinajstić information content (AvgIpc) is 2.92. The molecule has 0 saturated carbocycles. The molecule has 0 radical (unpaired) electrons. The fraction of sp³-hybridized carbons (Fsp3) is 0.100. The summed E-state index contributed by atoms with van der Waals surface area (Å²) in [7, 11) is -3.82. The van der Waals surface area contributed by atoms with Gasteiger partial charge >= 0.3 is 0 Å². The van der Waals surface area contributed by atoms with Crippen LogP contribution in [0.5, 0.6) is 5.75 Å². The molecular weight excluding hydrogens is 484 g/mol. The number of hydrogen-bond donors (Lipinski definition) is 2.